The average Bonchev–Trinajstić information content (AvgIpc) is 2.60. The van der Waals surface area contributed by atoms with Crippen LogP contribution in [0.15, 0.2) is 18.2 Å². The SMILES string of the molecule is CC(C)(C)c1ccc2c(c1)C(O)N(C(C)(C)C)C2C=O. The third kappa shape index (κ3) is 2.40. The van der Waals surface area contributed by atoms with Gasteiger partial charge in [-0.2, -0.15) is 0 Å². The number of aldehydes is 1. The van der Waals surface area contributed by atoms with Gasteiger partial charge in [0.25, 0.3) is 0 Å². The number of aliphatic hydroxyl groups excluding tert-OH is 1. The molecule has 0 bridgehead atoms. The third-order valence-electron chi connectivity index (χ3n) is 4.02. The molecule has 1 N–H and O–H groups in total. The molecule has 0 spiro atoms. The lowest BCUT2D eigenvalue weighted by Crippen LogP contribution is -2.42. The van der Waals surface area contributed by atoms with Crippen molar-refractivity contribution in [3.8, 4) is 0 Å². The van der Waals surface area contributed by atoms with Crippen LogP contribution in [0.3, 0.4) is 0 Å². The van der Waals surface area contributed by atoms with E-state index in [1.165, 1.54) is 5.56 Å². The molecule has 1 heterocycles. The number of carbonyl (C=O) groups is 1. The van der Waals surface area contributed by atoms with Crippen LogP contribution in [0.2, 0.25) is 0 Å². The van der Waals surface area contributed by atoms with Gasteiger partial charge in [-0.1, -0.05) is 39.0 Å². The molecule has 0 saturated carbocycles. The van der Waals surface area contributed by atoms with Gasteiger partial charge in [0.15, 0.2) is 0 Å². The summed E-state index contributed by atoms with van der Waals surface area (Å²) < 4.78 is 0. The molecule has 1 aromatic rings. The van der Waals surface area contributed by atoms with E-state index >= 15 is 0 Å². The minimum absolute atomic E-state index is 0.0284. The van der Waals surface area contributed by atoms with Crippen molar-refractivity contribution in [3.05, 3.63) is 34.9 Å². The number of hydrogen-bond donors (Lipinski definition) is 1. The van der Waals surface area contributed by atoms with Gasteiger partial charge in [0.05, 0.1) is 6.04 Å². The van der Waals surface area contributed by atoms with Crippen molar-refractivity contribution >= 4 is 6.29 Å². The maximum atomic E-state index is 11.5. The van der Waals surface area contributed by atoms with E-state index < -0.39 is 6.23 Å². The highest BCUT2D eigenvalue weighted by molar-refractivity contribution is 5.65. The molecule has 1 aliphatic heterocycles. The van der Waals surface area contributed by atoms with E-state index in [9.17, 15) is 9.90 Å². The molecular formula is C17H25NO2. The molecule has 1 aromatic carbocycles. The summed E-state index contributed by atoms with van der Waals surface area (Å²) >= 11 is 0. The number of carbonyl (C=O) groups excluding carboxylic acids is 1. The van der Waals surface area contributed by atoms with Gasteiger partial charge in [0.1, 0.15) is 12.5 Å². The summed E-state index contributed by atoms with van der Waals surface area (Å²) in [4.78, 5) is 13.4. The standard InChI is InChI=1S/C17H25NO2/c1-16(2,3)11-7-8-12-13(9-11)15(20)18(14(12)10-19)17(4,5)6/h7-10,14-15,20H,1-6H3. The zero-order valence-electron chi connectivity index (χ0n) is 13.3. The molecule has 0 radical (unpaired) electrons. The zero-order valence-corrected chi connectivity index (χ0v) is 13.3. The minimum Gasteiger partial charge on any atom is -0.374 e. The first kappa shape index (κ1) is 15.2. The largest absolute Gasteiger partial charge is 0.374 e. The van der Waals surface area contributed by atoms with Gasteiger partial charge in [0.2, 0.25) is 0 Å². The average molecular weight is 275 g/mol. The Bertz CT molecular complexity index is 523. The smallest absolute Gasteiger partial charge is 0.141 e. The molecule has 0 amide bonds. The summed E-state index contributed by atoms with van der Waals surface area (Å²) in [6, 6.07) is 5.73. The van der Waals surface area contributed by atoms with Gasteiger partial charge in [-0.25, -0.2) is 0 Å². The monoisotopic (exact) mass is 275 g/mol. The topological polar surface area (TPSA) is 40.5 Å². The summed E-state index contributed by atoms with van der Waals surface area (Å²) in [6.45, 7) is 12.5. The van der Waals surface area contributed by atoms with Crippen molar-refractivity contribution in [2.75, 3.05) is 0 Å². The Labute approximate surface area is 121 Å². The fourth-order valence-electron chi connectivity index (χ4n) is 2.91. The molecule has 2 atom stereocenters. The number of benzene rings is 1. The maximum Gasteiger partial charge on any atom is 0.141 e. The molecule has 0 aromatic heterocycles. The van der Waals surface area contributed by atoms with Crippen molar-refractivity contribution in [3.63, 3.8) is 0 Å². The molecule has 0 saturated heterocycles. The summed E-state index contributed by atoms with van der Waals surface area (Å²) in [5, 5.41) is 10.6. The van der Waals surface area contributed by atoms with Crippen molar-refractivity contribution in [1.82, 2.24) is 4.90 Å². The Morgan fingerprint density at radius 2 is 1.70 bits per heavy atom. The van der Waals surface area contributed by atoms with E-state index in [-0.39, 0.29) is 17.0 Å². The highest BCUT2D eigenvalue weighted by atomic mass is 16.3. The molecule has 2 unspecified atom stereocenters. The lowest BCUT2D eigenvalue weighted by Gasteiger charge is -2.37. The fraction of sp³-hybridized carbons (Fsp3) is 0.588. The number of rotatable bonds is 1. The predicted molar refractivity (Wildman–Crippen MR) is 80.5 cm³/mol. The summed E-state index contributed by atoms with van der Waals surface area (Å²) in [5.41, 5.74) is 2.72. The molecule has 3 nitrogen and oxygen atoms in total. The molecule has 1 aliphatic rings. The van der Waals surface area contributed by atoms with E-state index in [1.54, 1.807) is 0 Å². The van der Waals surface area contributed by atoms with E-state index in [2.05, 4.69) is 26.8 Å². The molecule has 0 aliphatic carbocycles. The van der Waals surface area contributed by atoms with Crippen LogP contribution in [0.4, 0.5) is 0 Å². The van der Waals surface area contributed by atoms with E-state index in [4.69, 9.17) is 0 Å². The Balaban J connectivity index is 2.55. The first-order chi connectivity index (χ1) is 9.07. The second-order valence-corrected chi connectivity index (χ2v) is 7.63. The van der Waals surface area contributed by atoms with E-state index in [1.807, 2.05) is 37.8 Å². The van der Waals surface area contributed by atoms with Gasteiger partial charge in [-0.3, -0.25) is 4.90 Å². The summed E-state index contributed by atoms with van der Waals surface area (Å²) in [7, 11) is 0. The van der Waals surface area contributed by atoms with Gasteiger partial charge >= 0.3 is 0 Å². The van der Waals surface area contributed by atoms with Crippen LogP contribution in [0.5, 0.6) is 0 Å². The highest BCUT2D eigenvalue weighted by Gasteiger charge is 2.43. The van der Waals surface area contributed by atoms with E-state index in [0.717, 1.165) is 17.4 Å². The second kappa shape index (κ2) is 4.68. The lowest BCUT2D eigenvalue weighted by atomic mass is 9.85. The Morgan fingerprint density at radius 3 is 2.15 bits per heavy atom. The van der Waals surface area contributed by atoms with Crippen LogP contribution >= 0.6 is 0 Å². The Kier molecular flexibility index (Phi) is 3.55. The third-order valence-corrected chi connectivity index (χ3v) is 4.02. The van der Waals surface area contributed by atoms with Crippen LogP contribution in [0, 0.1) is 0 Å². The molecule has 3 heteroatoms. The van der Waals surface area contributed by atoms with Crippen LogP contribution < -0.4 is 0 Å². The Hall–Kier alpha value is -1.19. The fourth-order valence-corrected chi connectivity index (χ4v) is 2.91. The number of nitrogens with zero attached hydrogens (tertiary/aromatic N) is 1. The maximum absolute atomic E-state index is 11.5. The summed E-state index contributed by atoms with van der Waals surface area (Å²) in [5.74, 6) is 0. The molecule has 110 valence electrons. The number of aliphatic hydroxyl groups is 1. The van der Waals surface area contributed by atoms with Crippen molar-refractivity contribution in [2.24, 2.45) is 0 Å². The quantitative estimate of drug-likeness (QED) is 0.799. The molecule has 2 rings (SSSR count). The first-order valence-corrected chi connectivity index (χ1v) is 7.13. The molecule has 20 heavy (non-hydrogen) atoms. The van der Waals surface area contributed by atoms with Gasteiger partial charge in [-0.15, -0.1) is 0 Å². The van der Waals surface area contributed by atoms with Crippen LogP contribution in [-0.2, 0) is 10.2 Å². The van der Waals surface area contributed by atoms with Gasteiger partial charge in [-0.05, 0) is 37.3 Å². The Morgan fingerprint density at radius 1 is 1.10 bits per heavy atom. The summed E-state index contributed by atoms with van der Waals surface area (Å²) in [6.07, 6.45) is 0.208. The van der Waals surface area contributed by atoms with Crippen molar-refractivity contribution in [1.29, 1.82) is 0 Å². The van der Waals surface area contributed by atoms with E-state index in [0.29, 0.717) is 0 Å². The highest BCUT2D eigenvalue weighted by Crippen LogP contribution is 2.45. The second-order valence-electron chi connectivity index (χ2n) is 7.63. The van der Waals surface area contributed by atoms with Crippen LogP contribution in [0.25, 0.3) is 0 Å². The van der Waals surface area contributed by atoms with Gasteiger partial charge < -0.3 is 9.90 Å². The normalized spacial score (nSPS) is 23.8. The van der Waals surface area contributed by atoms with Crippen LogP contribution in [0.1, 0.15) is 70.5 Å². The van der Waals surface area contributed by atoms with Crippen molar-refractivity contribution in [2.45, 2.75) is 64.8 Å². The van der Waals surface area contributed by atoms with Gasteiger partial charge in [0, 0.05) is 11.1 Å². The number of hydrogen-bond acceptors (Lipinski definition) is 3. The molecular weight excluding hydrogens is 250 g/mol. The lowest BCUT2D eigenvalue weighted by molar-refractivity contribution is -0.122. The molecule has 0 fully saturated rings. The zero-order chi connectivity index (χ0) is 15.3. The predicted octanol–water partition coefficient (Wildman–Crippen LogP) is 3.33. The van der Waals surface area contributed by atoms with Crippen LogP contribution in [-0.4, -0.2) is 21.8 Å². The van der Waals surface area contributed by atoms with Crippen molar-refractivity contribution < 1.29 is 9.90 Å². The minimum atomic E-state index is -0.720. The number of fused-ring (bicyclic) bond motifs is 1. The first-order valence-electron chi connectivity index (χ1n) is 7.13.